The van der Waals surface area contributed by atoms with E-state index < -0.39 is 0 Å². The number of rotatable bonds is 3. The maximum atomic E-state index is 12.0. The van der Waals surface area contributed by atoms with Gasteiger partial charge in [-0.1, -0.05) is 0 Å². The Morgan fingerprint density at radius 3 is 2.69 bits per heavy atom. The summed E-state index contributed by atoms with van der Waals surface area (Å²) in [5.74, 6) is 0. The molecule has 2 atom stereocenters. The Hall–Kier alpha value is -1.03. The molecule has 90 valence electrons. The zero-order valence-corrected chi connectivity index (χ0v) is 10.2. The van der Waals surface area contributed by atoms with Gasteiger partial charge >= 0.3 is 5.69 Å². The minimum absolute atomic E-state index is 0.0677. The zero-order valence-electron chi connectivity index (χ0n) is 10.2. The van der Waals surface area contributed by atoms with E-state index in [0.717, 1.165) is 12.8 Å². The van der Waals surface area contributed by atoms with Crippen LogP contribution in [0, 0.1) is 0 Å². The first-order chi connectivity index (χ1) is 7.58. The molecule has 1 aromatic heterocycles. The number of aromatic nitrogens is 2. The number of ether oxygens (including phenoxy) is 1. The number of imidazole rings is 1. The number of nitrogens with zero attached hydrogens (tertiary/aromatic N) is 2. The summed E-state index contributed by atoms with van der Waals surface area (Å²) in [6.45, 7) is 6.80. The molecule has 1 saturated heterocycles. The van der Waals surface area contributed by atoms with Gasteiger partial charge in [-0.3, -0.25) is 9.13 Å². The van der Waals surface area contributed by atoms with Gasteiger partial charge in [0.25, 0.3) is 0 Å². The molecule has 2 rings (SSSR count). The van der Waals surface area contributed by atoms with Crippen LogP contribution in [-0.4, -0.2) is 21.3 Å². The average molecular weight is 224 g/mol. The van der Waals surface area contributed by atoms with Crippen LogP contribution in [0.2, 0.25) is 0 Å². The highest BCUT2D eigenvalue weighted by Crippen LogP contribution is 2.19. The van der Waals surface area contributed by atoms with E-state index in [1.54, 1.807) is 9.13 Å². The minimum atomic E-state index is 0.0677. The molecule has 0 bridgehead atoms. The summed E-state index contributed by atoms with van der Waals surface area (Å²) < 4.78 is 9.22. The second kappa shape index (κ2) is 4.45. The van der Waals surface area contributed by atoms with Crippen molar-refractivity contribution < 1.29 is 4.74 Å². The third-order valence-corrected chi connectivity index (χ3v) is 3.15. The second-order valence-electron chi connectivity index (χ2n) is 4.88. The van der Waals surface area contributed by atoms with Crippen LogP contribution in [0.4, 0.5) is 0 Å². The fourth-order valence-corrected chi connectivity index (χ4v) is 2.20. The molecule has 0 aromatic carbocycles. The molecule has 1 aliphatic heterocycles. The fraction of sp³-hybridized carbons (Fsp3) is 0.750. The van der Waals surface area contributed by atoms with Crippen LogP contribution in [0.5, 0.6) is 0 Å². The van der Waals surface area contributed by atoms with Gasteiger partial charge in [0.1, 0.15) is 0 Å². The smallest absolute Gasteiger partial charge is 0.328 e. The summed E-state index contributed by atoms with van der Waals surface area (Å²) >= 11 is 0. The summed E-state index contributed by atoms with van der Waals surface area (Å²) in [5, 5.41) is 0. The van der Waals surface area contributed by atoms with Gasteiger partial charge < -0.3 is 4.74 Å². The van der Waals surface area contributed by atoms with Gasteiger partial charge in [-0.25, -0.2) is 4.79 Å². The van der Waals surface area contributed by atoms with Crippen LogP contribution in [-0.2, 0) is 11.3 Å². The lowest BCUT2D eigenvalue weighted by molar-refractivity contribution is 0.0451. The molecule has 0 amide bonds. The van der Waals surface area contributed by atoms with E-state index in [0.29, 0.717) is 12.6 Å². The Morgan fingerprint density at radius 1 is 1.44 bits per heavy atom. The molecule has 0 spiro atoms. The molecule has 1 aromatic rings. The van der Waals surface area contributed by atoms with E-state index in [4.69, 9.17) is 4.74 Å². The van der Waals surface area contributed by atoms with E-state index in [1.807, 2.05) is 26.2 Å². The molecule has 2 heterocycles. The molecule has 4 nitrogen and oxygen atoms in total. The van der Waals surface area contributed by atoms with Crippen molar-refractivity contribution in [2.75, 3.05) is 0 Å². The van der Waals surface area contributed by atoms with E-state index in [2.05, 4.69) is 6.92 Å². The molecule has 0 aliphatic carbocycles. The van der Waals surface area contributed by atoms with E-state index in [1.165, 1.54) is 0 Å². The van der Waals surface area contributed by atoms with Gasteiger partial charge in [0, 0.05) is 18.4 Å². The molecular formula is C12H20N2O2. The van der Waals surface area contributed by atoms with Crippen LogP contribution in [0.3, 0.4) is 0 Å². The fourth-order valence-electron chi connectivity index (χ4n) is 2.20. The normalized spacial score (nSPS) is 25.5. The molecule has 4 heteroatoms. The van der Waals surface area contributed by atoms with Gasteiger partial charge in [-0.2, -0.15) is 0 Å². The quantitative estimate of drug-likeness (QED) is 0.785. The van der Waals surface area contributed by atoms with E-state index >= 15 is 0 Å². The van der Waals surface area contributed by atoms with Gasteiger partial charge in [-0.15, -0.1) is 0 Å². The van der Waals surface area contributed by atoms with Gasteiger partial charge in [0.15, 0.2) is 0 Å². The van der Waals surface area contributed by atoms with Crippen molar-refractivity contribution in [3.05, 3.63) is 22.9 Å². The topological polar surface area (TPSA) is 36.2 Å². The number of hydrogen-bond acceptors (Lipinski definition) is 2. The van der Waals surface area contributed by atoms with Crippen molar-refractivity contribution in [1.29, 1.82) is 0 Å². The lowest BCUT2D eigenvalue weighted by Crippen LogP contribution is -2.29. The highest BCUT2D eigenvalue weighted by atomic mass is 16.5. The van der Waals surface area contributed by atoms with Crippen molar-refractivity contribution in [3.63, 3.8) is 0 Å². The molecular weight excluding hydrogens is 204 g/mol. The van der Waals surface area contributed by atoms with Gasteiger partial charge in [0.05, 0.1) is 18.8 Å². The molecule has 16 heavy (non-hydrogen) atoms. The first kappa shape index (κ1) is 11.5. The van der Waals surface area contributed by atoms with Crippen LogP contribution < -0.4 is 5.69 Å². The molecule has 0 N–H and O–H groups in total. The summed E-state index contributed by atoms with van der Waals surface area (Å²) in [6, 6.07) is 0.220. The Labute approximate surface area is 95.8 Å². The van der Waals surface area contributed by atoms with Crippen molar-refractivity contribution in [3.8, 4) is 0 Å². The summed E-state index contributed by atoms with van der Waals surface area (Å²) in [7, 11) is 0. The average Bonchev–Trinajstić information content (AvgIpc) is 2.76. The molecule has 1 fully saturated rings. The Morgan fingerprint density at radius 2 is 2.19 bits per heavy atom. The Kier molecular flexibility index (Phi) is 3.19. The first-order valence-electron chi connectivity index (χ1n) is 6.00. The van der Waals surface area contributed by atoms with Gasteiger partial charge in [-0.05, 0) is 33.6 Å². The SMILES string of the molecule is CC1CCC(Cn2ccn(C(C)C)c2=O)O1. The largest absolute Gasteiger partial charge is 0.373 e. The molecule has 0 saturated carbocycles. The maximum Gasteiger partial charge on any atom is 0.328 e. The zero-order chi connectivity index (χ0) is 11.7. The molecule has 2 unspecified atom stereocenters. The van der Waals surface area contributed by atoms with Crippen molar-refractivity contribution >= 4 is 0 Å². The Balaban J connectivity index is 2.08. The summed E-state index contributed by atoms with van der Waals surface area (Å²) in [4.78, 5) is 12.0. The minimum Gasteiger partial charge on any atom is -0.373 e. The highest BCUT2D eigenvalue weighted by molar-refractivity contribution is 4.85. The third kappa shape index (κ3) is 2.21. The lowest BCUT2D eigenvalue weighted by atomic mass is 10.2. The summed E-state index contributed by atoms with van der Waals surface area (Å²) in [5.41, 5.74) is 0.0677. The standard InChI is InChI=1S/C12H20N2O2/c1-9(2)14-7-6-13(12(14)15)8-11-5-4-10(3)16-11/h6-7,9-11H,4-5,8H2,1-3H3. The molecule has 1 aliphatic rings. The second-order valence-corrected chi connectivity index (χ2v) is 4.88. The van der Waals surface area contributed by atoms with E-state index in [9.17, 15) is 4.79 Å². The third-order valence-electron chi connectivity index (χ3n) is 3.15. The molecule has 0 radical (unpaired) electrons. The van der Waals surface area contributed by atoms with Crippen LogP contribution >= 0.6 is 0 Å². The van der Waals surface area contributed by atoms with Gasteiger partial charge in [0.2, 0.25) is 0 Å². The highest BCUT2D eigenvalue weighted by Gasteiger charge is 2.22. The van der Waals surface area contributed by atoms with Crippen LogP contribution in [0.1, 0.15) is 39.7 Å². The van der Waals surface area contributed by atoms with Crippen LogP contribution in [0.15, 0.2) is 17.2 Å². The van der Waals surface area contributed by atoms with Crippen molar-refractivity contribution in [2.24, 2.45) is 0 Å². The predicted molar refractivity (Wildman–Crippen MR) is 62.6 cm³/mol. The predicted octanol–water partition coefficient (Wildman–Crippen LogP) is 1.80. The van der Waals surface area contributed by atoms with E-state index in [-0.39, 0.29) is 17.8 Å². The van der Waals surface area contributed by atoms with Crippen molar-refractivity contribution in [1.82, 2.24) is 9.13 Å². The monoisotopic (exact) mass is 224 g/mol. The number of hydrogen-bond donors (Lipinski definition) is 0. The maximum absolute atomic E-state index is 12.0. The van der Waals surface area contributed by atoms with Crippen LogP contribution in [0.25, 0.3) is 0 Å². The lowest BCUT2D eigenvalue weighted by Gasteiger charge is -2.11. The first-order valence-corrected chi connectivity index (χ1v) is 6.00. The van der Waals surface area contributed by atoms with Crippen molar-refractivity contribution in [2.45, 2.75) is 58.4 Å². The Bertz CT molecular complexity index is 405. The summed E-state index contributed by atoms with van der Waals surface area (Å²) in [6.07, 6.45) is 6.41.